The van der Waals surface area contributed by atoms with Gasteiger partial charge >= 0.3 is 5.37 Å². The van der Waals surface area contributed by atoms with Crippen LogP contribution in [-0.2, 0) is 13.0 Å². The maximum Gasteiger partial charge on any atom is 0.314 e. The number of benzene rings is 1. The first-order valence-corrected chi connectivity index (χ1v) is 5.14. The molecule has 0 bridgehead atoms. The number of rotatable bonds is 4. The third-order valence-electron chi connectivity index (χ3n) is 2.16. The van der Waals surface area contributed by atoms with E-state index < -0.39 is 5.37 Å². The average Bonchev–Trinajstić information content (AvgIpc) is 2.25. The summed E-state index contributed by atoms with van der Waals surface area (Å²) in [5.41, 5.74) is 2.14. The number of nitrogens with one attached hydrogen (secondary N) is 1. The van der Waals surface area contributed by atoms with Gasteiger partial charge in [-0.15, -0.1) is 0 Å². The van der Waals surface area contributed by atoms with Crippen molar-refractivity contribution in [2.45, 2.75) is 19.9 Å². The second kappa shape index (κ2) is 5.61. The Hall–Kier alpha value is -1.22. The van der Waals surface area contributed by atoms with E-state index in [1.807, 2.05) is 18.2 Å². The van der Waals surface area contributed by atoms with E-state index >= 15 is 0 Å². The van der Waals surface area contributed by atoms with Crippen LogP contribution in [0.2, 0.25) is 0 Å². The van der Waals surface area contributed by atoms with Gasteiger partial charge in [-0.1, -0.05) is 19.1 Å². The van der Waals surface area contributed by atoms with Crippen LogP contribution in [0.25, 0.3) is 0 Å². The van der Waals surface area contributed by atoms with E-state index in [4.69, 9.17) is 16.3 Å². The van der Waals surface area contributed by atoms with Crippen LogP contribution in [0.15, 0.2) is 18.2 Å². The standard InChI is InChI=1S/C11H14ClNO2/c1-3-9-6-8(7-13-11(12)14)4-5-10(9)15-2/h4-6H,3,7H2,1-2H3,(H,13,14). The smallest absolute Gasteiger partial charge is 0.314 e. The van der Waals surface area contributed by atoms with Gasteiger partial charge in [0, 0.05) is 6.54 Å². The molecule has 0 spiro atoms. The minimum atomic E-state index is -0.538. The highest BCUT2D eigenvalue weighted by molar-refractivity contribution is 6.62. The molecule has 1 rings (SSSR count). The third-order valence-corrected chi connectivity index (χ3v) is 2.29. The van der Waals surface area contributed by atoms with Crippen LogP contribution < -0.4 is 10.1 Å². The summed E-state index contributed by atoms with van der Waals surface area (Å²) in [6.45, 7) is 2.50. The van der Waals surface area contributed by atoms with Crippen molar-refractivity contribution in [2.24, 2.45) is 0 Å². The fourth-order valence-corrected chi connectivity index (χ4v) is 1.46. The number of carbonyl (C=O) groups excluding carboxylic acids is 1. The van der Waals surface area contributed by atoms with Crippen molar-refractivity contribution in [2.75, 3.05) is 7.11 Å². The summed E-state index contributed by atoms with van der Waals surface area (Å²) in [6, 6.07) is 5.81. The second-order valence-electron chi connectivity index (χ2n) is 3.13. The molecule has 1 aromatic carbocycles. The van der Waals surface area contributed by atoms with Gasteiger partial charge in [-0.05, 0) is 35.2 Å². The Kier molecular flexibility index (Phi) is 4.43. The van der Waals surface area contributed by atoms with Crippen LogP contribution in [0.4, 0.5) is 4.79 Å². The van der Waals surface area contributed by atoms with Crippen molar-refractivity contribution < 1.29 is 9.53 Å². The van der Waals surface area contributed by atoms with Crippen molar-refractivity contribution >= 4 is 17.0 Å². The number of methoxy groups -OCH3 is 1. The lowest BCUT2D eigenvalue weighted by Crippen LogP contribution is -2.15. The molecule has 0 fully saturated rings. The van der Waals surface area contributed by atoms with Gasteiger partial charge in [0.1, 0.15) is 5.75 Å². The molecule has 0 aliphatic rings. The number of ether oxygens (including phenoxy) is 1. The van der Waals surface area contributed by atoms with Crippen LogP contribution in [0.5, 0.6) is 5.75 Å². The first kappa shape index (κ1) is 11.9. The molecule has 82 valence electrons. The van der Waals surface area contributed by atoms with Crippen LogP contribution in [-0.4, -0.2) is 12.5 Å². The van der Waals surface area contributed by atoms with Crippen LogP contribution in [0.1, 0.15) is 18.1 Å². The Balaban J connectivity index is 2.78. The summed E-state index contributed by atoms with van der Waals surface area (Å²) in [6.07, 6.45) is 0.895. The van der Waals surface area contributed by atoms with Gasteiger partial charge in [0.15, 0.2) is 0 Å². The number of halogens is 1. The van der Waals surface area contributed by atoms with E-state index in [1.54, 1.807) is 7.11 Å². The lowest BCUT2D eigenvalue weighted by molar-refractivity contribution is 0.259. The Bertz CT molecular complexity index is 352. The largest absolute Gasteiger partial charge is 0.496 e. The Morgan fingerprint density at radius 3 is 2.80 bits per heavy atom. The normalized spacial score (nSPS) is 9.80. The summed E-state index contributed by atoms with van der Waals surface area (Å²) < 4.78 is 5.20. The van der Waals surface area contributed by atoms with E-state index in [0.29, 0.717) is 6.54 Å². The highest BCUT2D eigenvalue weighted by Crippen LogP contribution is 2.20. The quantitative estimate of drug-likeness (QED) is 0.635. The zero-order chi connectivity index (χ0) is 11.3. The lowest BCUT2D eigenvalue weighted by atomic mass is 10.1. The molecule has 0 saturated carbocycles. The summed E-state index contributed by atoms with van der Waals surface area (Å²) in [5, 5.41) is 2.00. The number of amides is 1. The zero-order valence-corrected chi connectivity index (χ0v) is 9.60. The molecule has 0 radical (unpaired) electrons. The fourth-order valence-electron chi connectivity index (χ4n) is 1.39. The molecule has 0 atom stereocenters. The minimum absolute atomic E-state index is 0.444. The first-order valence-electron chi connectivity index (χ1n) is 4.76. The van der Waals surface area contributed by atoms with Crippen LogP contribution in [0, 0.1) is 0 Å². The maximum atomic E-state index is 10.5. The summed E-state index contributed by atoms with van der Waals surface area (Å²) >= 11 is 5.19. The molecule has 0 saturated heterocycles. The number of aryl methyl sites for hydroxylation is 1. The molecule has 3 nitrogen and oxygen atoms in total. The first-order chi connectivity index (χ1) is 7.17. The molecule has 0 heterocycles. The summed E-state index contributed by atoms with van der Waals surface area (Å²) in [5.74, 6) is 0.874. The van der Waals surface area contributed by atoms with E-state index in [0.717, 1.165) is 23.3 Å². The monoisotopic (exact) mass is 227 g/mol. The molecule has 0 aromatic heterocycles. The number of hydrogen-bond acceptors (Lipinski definition) is 2. The maximum absolute atomic E-state index is 10.5. The van der Waals surface area contributed by atoms with Gasteiger partial charge in [-0.25, -0.2) is 0 Å². The SMILES string of the molecule is CCc1cc(CNC(=O)Cl)ccc1OC. The molecule has 15 heavy (non-hydrogen) atoms. The van der Waals surface area contributed by atoms with Crippen LogP contribution >= 0.6 is 11.6 Å². The van der Waals surface area contributed by atoms with Crippen LogP contribution in [0.3, 0.4) is 0 Å². The Morgan fingerprint density at radius 1 is 1.53 bits per heavy atom. The molecule has 0 aliphatic carbocycles. The molecule has 1 amide bonds. The predicted octanol–water partition coefficient (Wildman–Crippen LogP) is 2.71. The molecule has 0 aliphatic heterocycles. The van der Waals surface area contributed by atoms with Gasteiger partial charge in [-0.2, -0.15) is 0 Å². The van der Waals surface area contributed by atoms with Gasteiger partial charge < -0.3 is 10.1 Å². The minimum Gasteiger partial charge on any atom is -0.496 e. The summed E-state index contributed by atoms with van der Waals surface area (Å²) in [7, 11) is 1.65. The topological polar surface area (TPSA) is 38.3 Å². The summed E-state index contributed by atoms with van der Waals surface area (Å²) in [4.78, 5) is 10.5. The molecule has 1 aromatic rings. The average molecular weight is 228 g/mol. The number of carbonyl (C=O) groups is 1. The highest BCUT2D eigenvalue weighted by Gasteiger charge is 2.03. The van der Waals surface area contributed by atoms with Crippen molar-refractivity contribution in [3.05, 3.63) is 29.3 Å². The van der Waals surface area contributed by atoms with E-state index in [9.17, 15) is 4.79 Å². The lowest BCUT2D eigenvalue weighted by Gasteiger charge is -2.09. The number of hydrogen-bond donors (Lipinski definition) is 1. The Morgan fingerprint density at radius 2 is 2.27 bits per heavy atom. The van der Waals surface area contributed by atoms with Crippen molar-refractivity contribution in [1.29, 1.82) is 0 Å². The molecular weight excluding hydrogens is 214 g/mol. The third kappa shape index (κ3) is 3.44. The van der Waals surface area contributed by atoms with E-state index in [2.05, 4.69) is 12.2 Å². The highest BCUT2D eigenvalue weighted by atomic mass is 35.5. The predicted molar refractivity (Wildman–Crippen MR) is 60.5 cm³/mol. The van der Waals surface area contributed by atoms with Crippen molar-refractivity contribution in [3.8, 4) is 5.75 Å². The Labute approximate surface area is 94.4 Å². The zero-order valence-electron chi connectivity index (χ0n) is 8.84. The van der Waals surface area contributed by atoms with Gasteiger partial charge in [-0.3, -0.25) is 4.79 Å². The molecule has 4 heteroatoms. The van der Waals surface area contributed by atoms with Crippen molar-refractivity contribution in [3.63, 3.8) is 0 Å². The van der Waals surface area contributed by atoms with Crippen molar-refractivity contribution in [1.82, 2.24) is 5.32 Å². The second-order valence-corrected chi connectivity index (χ2v) is 3.47. The van der Waals surface area contributed by atoms with Gasteiger partial charge in [0.25, 0.3) is 0 Å². The molecule has 0 unspecified atom stereocenters. The fraction of sp³-hybridized carbons (Fsp3) is 0.364. The van der Waals surface area contributed by atoms with E-state index in [-0.39, 0.29) is 0 Å². The van der Waals surface area contributed by atoms with E-state index in [1.165, 1.54) is 0 Å². The molecular formula is C11H14ClNO2. The molecule has 1 N–H and O–H groups in total. The van der Waals surface area contributed by atoms with Gasteiger partial charge in [0.2, 0.25) is 0 Å². The van der Waals surface area contributed by atoms with Gasteiger partial charge in [0.05, 0.1) is 7.11 Å².